The molecule has 0 aliphatic carbocycles. The van der Waals surface area contributed by atoms with Crippen LogP contribution in [0, 0.1) is 12.7 Å². The van der Waals surface area contributed by atoms with Gasteiger partial charge in [-0.2, -0.15) is 17.6 Å². The SMILES string of the molecule is COc1cc(-c2cnc(Nc3nc(C)nc(N4CCN(C)CC4)c3F)s2)cc2c1C(=O)N(CC(F)(F)F)CC2. The Kier molecular flexibility index (Phi) is 7.33. The van der Waals surface area contributed by atoms with Crippen molar-refractivity contribution < 1.29 is 27.1 Å². The van der Waals surface area contributed by atoms with Crippen molar-refractivity contribution in [1.82, 2.24) is 24.8 Å². The molecule has 1 fully saturated rings. The van der Waals surface area contributed by atoms with E-state index in [-0.39, 0.29) is 35.9 Å². The van der Waals surface area contributed by atoms with E-state index in [1.54, 1.807) is 25.3 Å². The van der Waals surface area contributed by atoms with E-state index in [4.69, 9.17) is 4.74 Å². The van der Waals surface area contributed by atoms with Crippen LogP contribution in [0.4, 0.5) is 34.3 Å². The normalized spacial score (nSPS) is 16.4. The fraction of sp³-hybridized carbons (Fsp3) is 0.440. The van der Waals surface area contributed by atoms with Crippen LogP contribution in [0.5, 0.6) is 5.75 Å². The van der Waals surface area contributed by atoms with E-state index >= 15 is 4.39 Å². The molecule has 0 spiro atoms. The molecule has 1 amide bonds. The number of carbonyl (C=O) groups is 1. The number of benzene rings is 1. The summed E-state index contributed by atoms with van der Waals surface area (Å²) in [5.74, 6) is -0.382. The van der Waals surface area contributed by atoms with Crippen LogP contribution in [-0.2, 0) is 6.42 Å². The molecule has 9 nitrogen and oxygen atoms in total. The number of piperazine rings is 1. The molecule has 0 radical (unpaired) electrons. The number of hydrogen-bond acceptors (Lipinski definition) is 9. The van der Waals surface area contributed by atoms with Gasteiger partial charge in [-0.05, 0) is 43.7 Å². The number of carbonyl (C=O) groups excluding carboxylic acids is 1. The molecule has 208 valence electrons. The Morgan fingerprint density at radius 1 is 1.13 bits per heavy atom. The number of ether oxygens (including phenoxy) is 1. The molecule has 3 aromatic rings. The number of rotatable bonds is 6. The van der Waals surface area contributed by atoms with Gasteiger partial charge in [0.15, 0.2) is 16.8 Å². The van der Waals surface area contributed by atoms with E-state index in [9.17, 15) is 18.0 Å². The van der Waals surface area contributed by atoms with E-state index in [2.05, 4.69) is 25.2 Å². The van der Waals surface area contributed by atoms with Gasteiger partial charge in [0.05, 0.1) is 17.6 Å². The second-order valence-corrected chi connectivity index (χ2v) is 10.5. The molecule has 39 heavy (non-hydrogen) atoms. The summed E-state index contributed by atoms with van der Waals surface area (Å²) in [7, 11) is 3.39. The second kappa shape index (κ2) is 10.6. The number of fused-ring (bicyclic) bond motifs is 1. The number of aromatic nitrogens is 3. The average molecular weight is 566 g/mol. The van der Waals surface area contributed by atoms with Gasteiger partial charge in [-0.15, -0.1) is 0 Å². The molecule has 2 aromatic heterocycles. The Labute approximate surface area is 226 Å². The fourth-order valence-electron chi connectivity index (χ4n) is 4.72. The lowest BCUT2D eigenvalue weighted by Gasteiger charge is -2.33. The lowest BCUT2D eigenvalue weighted by Crippen LogP contribution is -2.45. The Morgan fingerprint density at radius 2 is 1.87 bits per heavy atom. The molecule has 0 saturated carbocycles. The zero-order valence-electron chi connectivity index (χ0n) is 21.6. The summed E-state index contributed by atoms with van der Waals surface area (Å²) in [6.45, 7) is 3.26. The van der Waals surface area contributed by atoms with Crippen molar-refractivity contribution >= 4 is 34.0 Å². The van der Waals surface area contributed by atoms with Crippen molar-refractivity contribution in [2.75, 3.05) is 63.6 Å². The third-order valence-corrected chi connectivity index (χ3v) is 7.65. The van der Waals surface area contributed by atoms with Gasteiger partial charge >= 0.3 is 6.18 Å². The molecule has 1 saturated heterocycles. The van der Waals surface area contributed by atoms with E-state index in [1.807, 2.05) is 11.9 Å². The van der Waals surface area contributed by atoms with Crippen molar-refractivity contribution in [3.8, 4) is 16.2 Å². The summed E-state index contributed by atoms with van der Waals surface area (Å²) in [5.41, 5.74) is 1.42. The zero-order chi connectivity index (χ0) is 27.9. The predicted octanol–water partition coefficient (Wildman–Crippen LogP) is 4.11. The summed E-state index contributed by atoms with van der Waals surface area (Å²) in [4.78, 5) is 31.3. The minimum atomic E-state index is -4.49. The number of amides is 1. The molecule has 2 aliphatic rings. The molecule has 5 rings (SSSR count). The Hall–Kier alpha value is -3.52. The highest BCUT2D eigenvalue weighted by Gasteiger charge is 2.37. The van der Waals surface area contributed by atoms with Crippen LogP contribution in [0.2, 0.25) is 0 Å². The average Bonchev–Trinajstić information content (AvgIpc) is 3.35. The molecule has 0 atom stereocenters. The minimum Gasteiger partial charge on any atom is -0.496 e. The first-order valence-corrected chi connectivity index (χ1v) is 13.1. The van der Waals surface area contributed by atoms with Gasteiger partial charge in [0, 0.05) is 38.9 Å². The van der Waals surface area contributed by atoms with Crippen LogP contribution < -0.4 is 15.0 Å². The number of methoxy groups -OCH3 is 1. The van der Waals surface area contributed by atoms with E-state index in [1.165, 1.54) is 18.4 Å². The molecule has 4 heterocycles. The van der Waals surface area contributed by atoms with Crippen LogP contribution in [0.15, 0.2) is 18.3 Å². The van der Waals surface area contributed by atoms with Gasteiger partial charge in [0.2, 0.25) is 5.82 Å². The predicted molar refractivity (Wildman–Crippen MR) is 139 cm³/mol. The van der Waals surface area contributed by atoms with Crippen LogP contribution in [0.25, 0.3) is 10.4 Å². The maximum atomic E-state index is 15.4. The Balaban J connectivity index is 1.39. The summed E-state index contributed by atoms with van der Waals surface area (Å²) in [6.07, 6.45) is -2.63. The van der Waals surface area contributed by atoms with Crippen molar-refractivity contribution in [2.45, 2.75) is 19.5 Å². The summed E-state index contributed by atoms with van der Waals surface area (Å²) >= 11 is 1.25. The number of nitrogens with zero attached hydrogens (tertiary/aromatic N) is 6. The highest BCUT2D eigenvalue weighted by atomic mass is 32.1. The maximum Gasteiger partial charge on any atom is 0.406 e. The molecular formula is C25H27F4N7O2S. The molecule has 2 aliphatic heterocycles. The number of hydrogen-bond donors (Lipinski definition) is 1. The Morgan fingerprint density at radius 3 is 2.56 bits per heavy atom. The van der Waals surface area contributed by atoms with Gasteiger partial charge in [0.25, 0.3) is 5.91 Å². The first-order chi connectivity index (χ1) is 18.5. The lowest BCUT2D eigenvalue weighted by molar-refractivity contribution is -0.141. The van der Waals surface area contributed by atoms with Crippen LogP contribution in [0.1, 0.15) is 21.7 Å². The Bertz CT molecular complexity index is 1370. The number of alkyl halides is 3. The van der Waals surface area contributed by atoms with Gasteiger partial charge in [-0.3, -0.25) is 4.79 Å². The molecule has 0 bridgehead atoms. The number of thiazole rings is 1. The summed E-state index contributed by atoms with van der Waals surface area (Å²) in [5, 5.41) is 3.36. The third kappa shape index (κ3) is 5.76. The smallest absolute Gasteiger partial charge is 0.406 e. The standard InChI is InChI=1S/C25H27F4N7O2S/c1-14-31-21(20(26)22(32-14)35-8-6-34(2)7-9-35)33-24-30-12-18(39-24)16-10-15-4-5-36(13-25(27,28)29)23(37)19(15)17(11-16)38-3/h10-12H,4-9,13H2,1-3H3,(H,30,31,32,33). The molecule has 1 aromatic carbocycles. The van der Waals surface area contributed by atoms with Gasteiger partial charge in [0.1, 0.15) is 18.1 Å². The molecule has 14 heteroatoms. The summed E-state index contributed by atoms with van der Waals surface area (Å²) < 4.78 is 59.6. The van der Waals surface area contributed by atoms with Crippen molar-refractivity contribution in [2.24, 2.45) is 0 Å². The quantitative estimate of drug-likeness (QED) is 0.447. The van der Waals surface area contributed by atoms with E-state index in [0.29, 0.717) is 40.0 Å². The van der Waals surface area contributed by atoms with Crippen LogP contribution in [-0.4, -0.2) is 90.3 Å². The van der Waals surface area contributed by atoms with Crippen molar-refractivity contribution in [1.29, 1.82) is 0 Å². The first kappa shape index (κ1) is 27.1. The topological polar surface area (TPSA) is 86.7 Å². The number of likely N-dealkylation sites (N-methyl/N-ethyl adjacent to an activating group) is 1. The monoisotopic (exact) mass is 565 g/mol. The third-order valence-electron chi connectivity index (χ3n) is 6.69. The highest BCUT2D eigenvalue weighted by molar-refractivity contribution is 7.18. The molecule has 0 unspecified atom stereocenters. The maximum absolute atomic E-state index is 15.4. The number of aryl methyl sites for hydroxylation is 1. The van der Waals surface area contributed by atoms with Gasteiger partial charge in [-0.1, -0.05) is 11.3 Å². The van der Waals surface area contributed by atoms with Gasteiger partial charge < -0.3 is 24.8 Å². The fourth-order valence-corrected chi connectivity index (χ4v) is 5.52. The molecular weight excluding hydrogens is 538 g/mol. The van der Waals surface area contributed by atoms with Crippen molar-refractivity contribution in [3.63, 3.8) is 0 Å². The zero-order valence-corrected chi connectivity index (χ0v) is 22.4. The molecule has 1 N–H and O–H groups in total. The summed E-state index contributed by atoms with van der Waals surface area (Å²) in [6, 6.07) is 3.37. The van der Waals surface area contributed by atoms with E-state index in [0.717, 1.165) is 18.0 Å². The van der Waals surface area contributed by atoms with Crippen molar-refractivity contribution in [3.05, 3.63) is 41.1 Å². The number of anilines is 3. The highest BCUT2D eigenvalue weighted by Crippen LogP contribution is 2.38. The lowest BCUT2D eigenvalue weighted by atomic mass is 9.95. The van der Waals surface area contributed by atoms with Crippen LogP contribution >= 0.6 is 11.3 Å². The number of nitrogens with one attached hydrogen (secondary N) is 1. The van der Waals surface area contributed by atoms with Crippen LogP contribution in [0.3, 0.4) is 0 Å². The second-order valence-electron chi connectivity index (χ2n) is 9.51. The minimum absolute atomic E-state index is 0.0238. The number of halogens is 4. The first-order valence-electron chi connectivity index (χ1n) is 12.3. The van der Waals surface area contributed by atoms with Gasteiger partial charge in [-0.25, -0.2) is 15.0 Å². The van der Waals surface area contributed by atoms with E-state index < -0.39 is 24.4 Å². The largest absolute Gasteiger partial charge is 0.496 e.